The minimum atomic E-state index is -0.780. The van der Waals surface area contributed by atoms with Crippen molar-refractivity contribution >= 4 is 29.4 Å². The number of ether oxygens (including phenoxy) is 2. The Morgan fingerprint density at radius 1 is 1.05 bits per heavy atom. The Bertz CT molecular complexity index is 1130. The van der Waals surface area contributed by atoms with Crippen LogP contribution in [0.4, 0.5) is 0 Å². The van der Waals surface area contributed by atoms with Gasteiger partial charge in [-0.1, -0.05) is 24.9 Å². The van der Waals surface area contributed by atoms with Gasteiger partial charge >= 0.3 is 5.97 Å². The molecule has 0 radical (unpaired) electrons. The number of hydrogen-bond donors (Lipinski definition) is 3. The normalized spacial score (nSPS) is 32.7. The van der Waals surface area contributed by atoms with Crippen LogP contribution >= 0.6 is 11.6 Å². The molecule has 39 heavy (non-hydrogen) atoms. The number of nitrogens with one attached hydrogen (secondary N) is 2. The van der Waals surface area contributed by atoms with Crippen molar-refractivity contribution in [2.24, 2.45) is 28.6 Å². The molecule has 4 atom stereocenters. The molecule has 3 N–H and O–H groups in total. The van der Waals surface area contributed by atoms with Gasteiger partial charge in [0.2, 0.25) is 5.91 Å². The maximum Gasteiger partial charge on any atom is 0.309 e. The van der Waals surface area contributed by atoms with Crippen LogP contribution in [0.15, 0.2) is 12.1 Å². The summed E-state index contributed by atoms with van der Waals surface area (Å²) in [5, 5.41) is 16.2. The Kier molecular flexibility index (Phi) is 7.79. The summed E-state index contributed by atoms with van der Waals surface area (Å²) in [5.74, 6) is -0.00842. The summed E-state index contributed by atoms with van der Waals surface area (Å²) < 4.78 is 11.7. The van der Waals surface area contributed by atoms with Gasteiger partial charge in [-0.2, -0.15) is 0 Å². The lowest BCUT2D eigenvalue weighted by molar-refractivity contribution is -0.150. The van der Waals surface area contributed by atoms with Gasteiger partial charge in [-0.05, 0) is 88.0 Å². The van der Waals surface area contributed by atoms with Crippen LogP contribution in [0, 0.1) is 28.6 Å². The monoisotopic (exact) mass is 560 g/mol. The minimum absolute atomic E-state index is 0.0494. The molecular weight excluding hydrogens is 520 g/mol. The van der Waals surface area contributed by atoms with Gasteiger partial charge in [0.05, 0.1) is 35.1 Å². The van der Waals surface area contributed by atoms with Crippen molar-refractivity contribution in [2.75, 3.05) is 13.7 Å². The van der Waals surface area contributed by atoms with Gasteiger partial charge in [0.25, 0.3) is 5.91 Å². The highest BCUT2D eigenvalue weighted by Gasteiger charge is 2.51. The van der Waals surface area contributed by atoms with Crippen molar-refractivity contribution in [3.8, 4) is 11.5 Å². The zero-order valence-corrected chi connectivity index (χ0v) is 23.9. The zero-order valence-electron chi connectivity index (χ0n) is 23.2. The quantitative estimate of drug-likeness (QED) is 0.382. The molecule has 0 heterocycles. The highest BCUT2D eigenvalue weighted by molar-refractivity contribution is 6.33. The van der Waals surface area contributed by atoms with Crippen molar-refractivity contribution in [2.45, 2.75) is 90.2 Å². The summed E-state index contributed by atoms with van der Waals surface area (Å²) in [6, 6.07) is 3.05. The van der Waals surface area contributed by atoms with E-state index in [-0.39, 0.29) is 63.5 Å². The van der Waals surface area contributed by atoms with E-state index in [1.54, 1.807) is 19.1 Å². The van der Waals surface area contributed by atoms with E-state index < -0.39 is 11.4 Å². The van der Waals surface area contributed by atoms with Gasteiger partial charge in [0.1, 0.15) is 11.5 Å². The summed E-state index contributed by atoms with van der Waals surface area (Å²) in [6.07, 6.45) is 8.59. The average Bonchev–Trinajstić information content (AvgIpc) is 3.49. The lowest BCUT2D eigenvalue weighted by atomic mass is 9.70. The Hall–Kier alpha value is -2.48. The highest BCUT2D eigenvalue weighted by atomic mass is 35.5. The molecule has 0 spiro atoms. The van der Waals surface area contributed by atoms with E-state index >= 15 is 0 Å². The first kappa shape index (κ1) is 28.1. The van der Waals surface area contributed by atoms with Crippen LogP contribution in [0.3, 0.4) is 0 Å². The first-order valence-electron chi connectivity index (χ1n) is 14.4. The molecule has 0 aromatic heterocycles. The van der Waals surface area contributed by atoms with E-state index in [0.717, 1.165) is 32.1 Å². The SMILES string of the molecule is COc1c(Cl)cc(OC2CCC(C)(C(=O)O)CC2)cc1C(=O)N[C@@H]1[C@H]2CC[C@H](C2)[C@@H]1C(=O)NCC1(C)CCC1. The predicted octanol–water partition coefficient (Wildman–Crippen LogP) is 5.21. The van der Waals surface area contributed by atoms with Gasteiger partial charge < -0.3 is 25.2 Å². The van der Waals surface area contributed by atoms with Crippen molar-refractivity contribution < 1.29 is 29.0 Å². The molecule has 2 amide bonds. The van der Waals surface area contributed by atoms with Gasteiger partial charge in [0.15, 0.2) is 0 Å². The van der Waals surface area contributed by atoms with Gasteiger partial charge in [-0.15, -0.1) is 0 Å². The highest BCUT2D eigenvalue weighted by Crippen LogP contribution is 2.49. The lowest BCUT2D eigenvalue weighted by Crippen LogP contribution is -2.51. The smallest absolute Gasteiger partial charge is 0.309 e. The number of halogens is 1. The van der Waals surface area contributed by atoms with Crippen molar-refractivity contribution in [3.63, 3.8) is 0 Å². The molecule has 0 aliphatic heterocycles. The number of methoxy groups -OCH3 is 1. The fraction of sp³-hybridized carbons (Fsp3) is 0.700. The van der Waals surface area contributed by atoms with Crippen LogP contribution in [0.2, 0.25) is 5.02 Å². The van der Waals surface area contributed by atoms with Crippen LogP contribution in [0.1, 0.15) is 88.4 Å². The summed E-state index contributed by atoms with van der Waals surface area (Å²) in [4.78, 5) is 38.6. The van der Waals surface area contributed by atoms with Crippen molar-refractivity contribution in [3.05, 3.63) is 22.7 Å². The number of carboxylic acid groups (broad SMARTS) is 1. The third-order valence-electron chi connectivity index (χ3n) is 10.1. The second-order valence-corrected chi connectivity index (χ2v) is 13.3. The number of hydrogen-bond acceptors (Lipinski definition) is 5. The lowest BCUT2D eigenvalue weighted by Gasteiger charge is -2.39. The summed E-state index contributed by atoms with van der Waals surface area (Å²) in [7, 11) is 1.47. The Morgan fingerprint density at radius 2 is 1.74 bits per heavy atom. The van der Waals surface area contributed by atoms with Crippen molar-refractivity contribution in [1.29, 1.82) is 0 Å². The van der Waals surface area contributed by atoms with E-state index in [2.05, 4.69) is 17.6 Å². The molecule has 214 valence electrons. The third-order valence-corrected chi connectivity index (χ3v) is 10.4. The molecule has 4 aliphatic carbocycles. The van der Waals surface area contributed by atoms with Gasteiger partial charge in [-0.25, -0.2) is 0 Å². The number of amides is 2. The summed E-state index contributed by atoms with van der Waals surface area (Å²) in [5.41, 5.74) is -0.266. The van der Waals surface area contributed by atoms with Crippen LogP contribution in [0.5, 0.6) is 11.5 Å². The molecular formula is C30H41ClN2O6. The maximum absolute atomic E-state index is 13.7. The van der Waals surface area contributed by atoms with Crippen LogP contribution in [-0.2, 0) is 9.59 Å². The zero-order chi connectivity index (χ0) is 27.9. The van der Waals surface area contributed by atoms with Gasteiger partial charge in [0, 0.05) is 18.7 Å². The second-order valence-electron chi connectivity index (χ2n) is 12.9. The maximum atomic E-state index is 13.7. The Morgan fingerprint density at radius 3 is 2.36 bits per heavy atom. The largest absolute Gasteiger partial charge is 0.494 e. The number of carboxylic acids is 1. The van der Waals surface area contributed by atoms with Crippen LogP contribution in [0.25, 0.3) is 0 Å². The first-order valence-corrected chi connectivity index (χ1v) is 14.8. The van der Waals surface area contributed by atoms with E-state index in [1.165, 1.54) is 13.5 Å². The molecule has 9 heteroatoms. The fourth-order valence-corrected chi connectivity index (χ4v) is 7.53. The van der Waals surface area contributed by atoms with Crippen LogP contribution < -0.4 is 20.1 Å². The Balaban J connectivity index is 1.28. The number of carbonyl (C=O) groups excluding carboxylic acids is 2. The number of rotatable bonds is 9. The number of carbonyl (C=O) groups is 3. The van der Waals surface area contributed by atoms with E-state index in [0.29, 0.717) is 38.0 Å². The van der Waals surface area contributed by atoms with Crippen LogP contribution in [-0.4, -0.2) is 48.7 Å². The Labute approximate surface area is 235 Å². The first-order chi connectivity index (χ1) is 18.5. The number of fused-ring (bicyclic) bond motifs is 2. The third kappa shape index (κ3) is 5.59. The molecule has 2 bridgehead atoms. The molecule has 1 aromatic carbocycles. The molecule has 8 nitrogen and oxygen atoms in total. The molecule has 4 aliphatic rings. The van der Waals surface area contributed by atoms with E-state index in [9.17, 15) is 19.5 Å². The molecule has 0 saturated heterocycles. The number of aliphatic carboxylic acids is 1. The summed E-state index contributed by atoms with van der Waals surface area (Å²) >= 11 is 6.52. The fourth-order valence-electron chi connectivity index (χ4n) is 7.25. The number of benzene rings is 1. The predicted molar refractivity (Wildman–Crippen MR) is 147 cm³/mol. The minimum Gasteiger partial charge on any atom is -0.494 e. The van der Waals surface area contributed by atoms with E-state index in [1.807, 2.05) is 0 Å². The molecule has 0 unspecified atom stereocenters. The molecule has 5 rings (SSSR count). The van der Waals surface area contributed by atoms with E-state index in [4.69, 9.17) is 21.1 Å². The molecule has 1 aromatic rings. The molecule has 4 fully saturated rings. The summed E-state index contributed by atoms with van der Waals surface area (Å²) in [6.45, 7) is 4.69. The second kappa shape index (κ2) is 10.8. The standard InChI is InChI=1S/C30H41ClN2O6/c1-29(9-4-10-29)16-32-27(35)23-17-5-6-18(13-17)24(23)33-26(34)21-14-20(15-22(31)25(21)38-3)39-19-7-11-30(2,12-8-19)28(36)37/h14-15,17-19,23-24H,4-13,16H2,1-3H3,(H,32,35)(H,33,34)(H,36,37)/t17-,18+,19?,23+,24-,30?/m1/s1. The molecule has 4 saturated carbocycles. The average molecular weight is 561 g/mol. The topological polar surface area (TPSA) is 114 Å². The van der Waals surface area contributed by atoms with Crippen molar-refractivity contribution in [1.82, 2.24) is 10.6 Å². The van der Waals surface area contributed by atoms with Gasteiger partial charge in [-0.3, -0.25) is 14.4 Å².